The Morgan fingerprint density at radius 3 is 2.78 bits per heavy atom. The van der Waals surface area contributed by atoms with Crippen molar-refractivity contribution in [3.05, 3.63) is 29.8 Å². The first kappa shape index (κ1) is 18.7. The fourth-order valence-electron chi connectivity index (χ4n) is 4.50. The Bertz CT molecular complexity index is 652. The number of para-hydroxylation sites is 1. The number of amides is 1. The van der Waals surface area contributed by atoms with E-state index in [0.717, 1.165) is 70.8 Å². The number of ether oxygens (including phenoxy) is 2. The lowest BCUT2D eigenvalue weighted by molar-refractivity contribution is -0.135. The molecule has 27 heavy (non-hydrogen) atoms. The third-order valence-electron chi connectivity index (χ3n) is 6.33. The Balaban J connectivity index is 1.33. The molecule has 3 aliphatic rings. The van der Waals surface area contributed by atoms with Crippen LogP contribution in [0.1, 0.15) is 31.2 Å². The number of hydrogen-bond donors (Lipinski definition) is 1. The highest BCUT2D eigenvalue weighted by Crippen LogP contribution is 2.37. The van der Waals surface area contributed by atoms with Gasteiger partial charge in [0, 0.05) is 44.8 Å². The standard InChI is InChI=1S/C21H31N3O3/c1-23(20(25)15-24-10-12-26-13-11-24)18-6-8-21(9-7-18)16-22-14-17-4-2-3-5-19(17)27-21/h2-5,18,22H,6-16H2,1H3. The van der Waals surface area contributed by atoms with E-state index in [2.05, 4.69) is 28.4 Å². The molecule has 0 bridgehead atoms. The second-order valence-electron chi connectivity index (χ2n) is 8.12. The van der Waals surface area contributed by atoms with Crippen molar-refractivity contribution in [1.82, 2.24) is 15.1 Å². The molecule has 1 N–H and O–H groups in total. The van der Waals surface area contributed by atoms with Gasteiger partial charge in [-0.15, -0.1) is 0 Å². The van der Waals surface area contributed by atoms with Crippen LogP contribution in [0, 0.1) is 0 Å². The van der Waals surface area contributed by atoms with E-state index in [1.165, 1.54) is 5.56 Å². The summed E-state index contributed by atoms with van der Waals surface area (Å²) in [6, 6.07) is 8.63. The Hall–Kier alpha value is -1.63. The highest BCUT2D eigenvalue weighted by Gasteiger charge is 2.40. The molecule has 1 aliphatic carbocycles. The molecule has 1 spiro atoms. The van der Waals surface area contributed by atoms with Crippen LogP contribution in [0.4, 0.5) is 0 Å². The van der Waals surface area contributed by atoms with E-state index < -0.39 is 0 Å². The largest absolute Gasteiger partial charge is 0.486 e. The fourth-order valence-corrected chi connectivity index (χ4v) is 4.50. The second-order valence-corrected chi connectivity index (χ2v) is 8.12. The minimum Gasteiger partial charge on any atom is -0.486 e. The molecule has 148 valence electrons. The van der Waals surface area contributed by atoms with Crippen LogP contribution in [-0.2, 0) is 16.1 Å². The van der Waals surface area contributed by atoms with E-state index in [9.17, 15) is 4.79 Å². The Morgan fingerprint density at radius 1 is 1.26 bits per heavy atom. The van der Waals surface area contributed by atoms with Gasteiger partial charge >= 0.3 is 0 Å². The topological polar surface area (TPSA) is 54.0 Å². The molecule has 1 saturated carbocycles. The van der Waals surface area contributed by atoms with Crippen LogP contribution in [0.2, 0.25) is 0 Å². The predicted octanol–water partition coefficient (Wildman–Crippen LogP) is 1.64. The van der Waals surface area contributed by atoms with Crippen LogP contribution in [-0.4, -0.2) is 73.8 Å². The maximum Gasteiger partial charge on any atom is 0.236 e. The van der Waals surface area contributed by atoms with E-state index >= 15 is 0 Å². The van der Waals surface area contributed by atoms with Crippen molar-refractivity contribution in [2.45, 2.75) is 43.9 Å². The lowest BCUT2D eigenvalue weighted by Crippen LogP contribution is -2.52. The SMILES string of the molecule is CN(C(=O)CN1CCOCC1)C1CCC2(CC1)CNCc1ccccc1O2. The molecular weight excluding hydrogens is 342 g/mol. The first-order chi connectivity index (χ1) is 13.2. The third kappa shape index (κ3) is 4.28. The molecular formula is C21H31N3O3. The highest BCUT2D eigenvalue weighted by molar-refractivity contribution is 5.78. The van der Waals surface area contributed by atoms with E-state index in [1.807, 2.05) is 18.0 Å². The number of morpholine rings is 1. The summed E-state index contributed by atoms with van der Waals surface area (Å²) in [6.07, 6.45) is 3.95. The average Bonchev–Trinajstić information content (AvgIpc) is 2.88. The van der Waals surface area contributed by atoms with Crippen molar-refractivity contribution in [1.29, 1.82) is 0 Å². The monoisotopic (exact) mass is 373 g/mol. The number of likely N-dealkylation sites (N-methyl/N-ethyl adjacent to an activating group) is 1. The molecule has 1 amide bonds. The van der Waals surface area contributed by atoms with Crippen LogP contribution >= 0.6 is 0 Å². The van der Waals surface area contributed by atoms with Gasteiger partial charge in [0.1, 0.15) is 11.4 Å². The van der Waals surface area contributed by atoms with Gasteiger partial charge in [-0.1, -0.05) is 18.2 Å². The van der Waals surface area contributed by atoms with Crippen molar-refractivity contribution >= 4 is 5.91 Å². The fraction of sp³-hybridized carbons (Fsp3) is 0.667. The molecule has 0 aromatic heterocycles. The van der Waals surface area contributed by atoms with Gasteiger partial charge in [0.25, 0.3) is 0 Å². The van der Waals surface area contributed by atoms with E-state index in [4.69, 9.17) is 9.47 Å². The van der Waals surface area contributed by atoms with Crippen molar-refractivity contribution in [2.24, 2.45) is 0 Å². The molecule has 6 heteroatoms. The van der Waals surface area contributed by atoms with Crippen molar-refractivity contribution in [3.8, 4) is 5.75 Å². The number of carbonyl (C=O) groups is 1. The lowest BCUT2D eigenvalue weighted by Gasteiger charge is -2.42. The molecule has 4 rings (SSSR count). The average molecular weight is 373 g/mol. The maximum absolute atomic E-state index is 12.7. The summed E-state index contributed by atoms with van der Waals surface area (Å²) in [6.45, 7) is 5.41. The number of rotatable bonds is 3. The van der Waals surface area contributed by atoms with Crippen LogP contribution < -0.4 is 10.1 Å². The van der Waals surface area contributed by atoms with Crippen LogP contribution in [0.3, 0.4) is 0 Å². The molecule has 2 heterocycles. The van der Waals surface area contributed by atoms with Gasteiger partial charge in [0.2, 0.25) is 5.91 Å². The molecule has 6 nitrogen and oxygen atoms in total. The quantitative estimate of drug-likeness (QED) is 0.873. The van der Waals surface area contributed by atoms with Gasteiger partial charge in [0.05, 0.1) is 19.8 Å². The smallest absolute Gasteiger partial charge is 0.236 e. The molecule has 0 atom stereocenters. The highest BCUT2D eigenvalue weighted by atomic mass is 16.5. The normalized spacial score (nSPS) is 28.9. The molecule has 1 aromatic rings. The minimum atomic E-state index is -0.142. The Morgan fingerprint density at radius 2 is 2.00 bits per heavy atom. The van der Waals surface area contributed by atoms with Crippen LogP contribution in [0.25, 0.3) is 0 Å². The maximum atomic E-state index is 12.7. The summed E-state index contributed by atoms with van der Waals surface area (Å²) in [4.78, 5) is 16.9. The summed E-state index contributed by atoms with van der Waals surface area (Å²) >= 11 is 0. The zero-order valence-electron chi connectivity index (χ0n) is 16.3. The summed E-state index contributed by atoms with van der Waals surface area (Å²) in [7, 11) is 1.97. The van der Waals surface area contributed by atoms with Crippen molar-refractivity contribution in [2.75, 3.05) is 46.4 Å². The summed E-state index contributed by atoms with van der Waals surface area (Å²) in [5.74, 6) is 1.24. The number of benzene rings is 1. The van der Waals surface area contributed by atoms with Crippen molar-refractivity contribution in [3.63, 3.8) is 0 Å². The zero-order valence-corrected chi connectivity index (χ0v) is 16.3. The molecule has 0 radical (unpaired) electrons. The molecule has 0 unspecified atom stereocenters. The van der Waals surface area contributed by atoms with Gasteiger partial charge in [-0.3, -0.25) is 9.69 Å². The van der Waals surface area contributed by atoms with Crippen LogP contribution in [0.5, 0.6) is 5.75 Å². The second kappa shape index (κ2) is 8.17. The molecule has 1 saturated heterocycles. The van der Waals surface area contributed by atoms with Gasteiger partial charge in [0.15, 0.2) is 0 Å². The van der Waals surface area contributed by atoms with Gasteiger partial charge < -0.3 is 19.7 Å². The van der Waals surface area contributed by atoms with Gasteiger partial charge in [-0.25, -0.2) is 0 Å². The Labute approximate surface area is 161 Å². The van der Waals surface area contributed by atoms with Crippen molar-refractivity contribution < 1.29 is 14.3 Å². The first-order valence-corrected chi connectivity index (χ1v) is 10.2. The number of fused-ring (bicyclic) bond motifs is 1. The van der Waals surface area contributed by atoms with Gasteiger partial charge in [-0.2, -0.15) is 0 Å². The predicted molar refractivity (Wildman–Crippen MR) is 104 cm³/mol. The number of nitrogens with zero attached hydrogens (tertiary/aromatic N) is 2. The van der Waals surface area contributed by atoms with Crippen LogP contribution in [0.15, 0.2) is 24.3 Å². The lowest BCUT2D eigenvalue weighted by atomic mass is 9.81. The summed E-state index contributed by atoms with van der Waals surface area (Å²) in [5.41, 5.74) is 1.09. The molecule has 1 aromatic carbocycles. The number of hydrogen-bond acceptors (Lipinski definition) is 5. The van der Waals surface area contributed by atoms with Gasteiger partial charge in [-0.05, 0) is 31.7 Å². The summed E-state index contributed by atoms with van der Waals surface area (Å²) < 4.78 is 11.9. The van der Waals surface area contributed by atoms with E-state index in [-0.39, 0.29) is 11.5 Å². The minimum absolute atomic E-state index is 0.142. The summed E-state index contributed by atoms with van der Waals surface area (Å²) in [5, 5.41) is 3.56. The number of nitrogens with one attached hydrogen (secondary N) is 1. The molecule has 2 fully saturated rings. The Kier molecular flexibility index (Phi) is 5.66. The van der Waals surface area contributed by atoms with E-state index in [1.54, 1.807) is 0 Å². The zero-order chi connectivity index (χ0) is 18.7. The number of carbonyl (C=O) groups excluding carboxylic acids is 1. The first-order valence-electron chi connectivity index (χ1n) is 10.2. The van der Waals surface area contributed by atoms with E-state index in [0.29, 0.717) is 12.6 Å². The molecule has 2 aliphatic heterocycles. The third-order valence-corrected chi connectivity index (χ3v) is 6.33.